The number of nitrogens with one attached hydrogen (secondary N) is 1. The first-order valence-corrected chi connectivity index (χ1v) is 12.3. The molecule has 1 fully saturated rings. The van der Waals surface area contributed by atoms with E-state index in [0.717, 1.165) is 35.8 Å². The van der Waals surface area contributed by atoms with Crippen LogP contribution < -0.4 is 9.62 Å². The number of sulfonamides is 1. The second-order valence-electron chi connectivity index (χ2n) is 7.73. The Morgan fingerprint density at radius 3 is 2.20 bits per heavy atom. The summed E-state index contributed by atoms with van der Waals surface area (Å²) in [7, 11) is -3.65. The van der Waals surface area contributed by atoms with Crippen LogP contribution in [-0.2, 0) is 27.9 Å². The Balaban J connectivity index is 1.61. The lowest BCUT2D eigenvalue weighted by atomic mass is 10.1. The van der Waals surface area contributed by atoms with E-state index in [4.69, 9.17) is 11.6 Å². The zero-order valence-corrected chi connectivity index (χ0v) is 18.9. The van der Waals surface area contributed by atoms with E-state index >= 15 is 0 Å². The van der Waals surface area contributed by atoms with E-state index in [0.29, 0.717) is 17.3 Å². The Bertz CT molecular complexity index is 956. The van der Waals surface area contributed by atoms with E-state index in [1.807, 2.05) is 12.1 Å². The van der Waals surface area contributed by atoms with Gasteiger partial charge in [0.05, 0.1) is 11.9 Å². The molecule has 1 saturated heterocycles. The third-order valence-corrected chi connectivity index (χ3v) is 6.76. The summed E-state index contributed by atoms with van der Waals surface area (Å²) in [6.07, 6.45) is 3.62. The van der Waals surface area contributed by atoms with E-state index in [1.54, 1.807) is 31.2 Å². The Hall–Kier alpha value is -2.09. The van der Waals surface area contributed by atoms with Gasteiger partial charge in [-0.25, -0.2) is 8.42 Å². The molecule has 30 heavy (non-hydrogen) atoms. The van der Waals surface area contributed by atoms with Crippen molar-refractivity contribution in [3.8, 4) is 0 Å². The van der Waals surface area contributed by atoms with Gasteiger partial charge in [0.1, 0.15) is 6.04 Å². The van der Waals surface area contributed by atoms with Crippen molar-refractivity contribution in [3.63, 3.8) is 0 Å². The van der Waals surface area contributed by atoms with Gasteiger partial charge in [0, 0.05) is 18.1 Å². The van der Waals surface area contributed by atoms with Crippen LogP contribution in [0, 0.1) is 0 Å². The number of hydrogen-bond donors (Lipinski definition) is 1. The second-order valence-corrected chi connectivity index (χ2v) is 10.0. The summed E-state index contributed by atoms with van der Waals surface area (Å²) < 4.78 is 25.8. The van der Waals surface area contributed by atoms with Crippen molar-refractivity contribution in [1.82, 2.24) is 10.2 Å². The predicted octanol–water partition coefficient (Wildman–Crippen LogP) is 3.41. The van der Waals surface area contributed by atoms with Gasteiger partial charge in [0.15, 0.2) is 0 Å². The number of carbonyl (C=O) groups excluding carboxylic acids is 1. The number of amides is 1. The van der Waals surface area contributed by atoms with Crippen molar-refractivity contribution in [2.75, 3.05) is 23.7 Å². The number of hydrogen-bond acceptors (Lipinski definition) is 4. The van der Waals surface area contributed by atoms with Gasteiger partial charge in [-0.3, -0.25) is 14.0 Å². The van der Waals surface area contributed by atoms with Crippen molar-refractivity contribution in [1.29, 1.82) is 0 Å². The Morgan fingerprint density at radius 2 is 1.63 bits per heavy atom. The van der Waals surface area contributed by atoms with E-state index in [9.17, 15) is 13.2 Å². The number of anilines is 1. The summed E-state index contributed by atoms with van der Waals surface area (Å²) in [5, 5.41) is 3.34. The average Bonchev–Trinajstić information content (AvgIpc) is 3.21. The van der Waals surface area contributed by atoms with Gasteiger partial charge in [0.25, 0.3) is 0 Å². The Kier molecular flexibility index (Phi) is 7.39. The lowest BCUT2D eigenvalue weighted by molar-refractivity contribution is -0.122. The quantitative estimate of drug-likeness (QED) is 0.670. The highest BCUT2D eigenvalue weighted by Crippen LogP contribution is 2.23. The molecule has 0 saturated carbocycles. The molecule has 0 aromatic heterocycles. The molecule has 1 amide bonds. The summed E-state index contributed by atoms with van der Waals surface area (Å²) in [4.78, 5) is 15.1. The van der Waals surface area contributed by atoms with Crippen LogP contribution in [0.4, 0.5) is 5.69 Å². The average molecular weight is 450 g/mol. The normalized spacial score (nSPS) is 15.7. The largest absolute Gasteiger partial charge is 0.350 e. The highest BCUT2D eigenvalue weighted by molar-refractivity contribution is 7.92. The minimum Gasteiger partial charge on any atom is -0.350 e. The molecule has 2 aromatic carbocycles. The van der Waals surface area contributed by atoms with Gasteiger partial charge in [0.2, 0.25) is 15.9 Å². The zero-order chi connectivity index (χ0) is 21.7. The SMILES string of the molecule is C[C@H](C(=O)NCc1ccc(CN2CCCC2)cc1)N(c1ccc(Cl)cc1)S(C)(=O)=O. The van der Waals surface area contributed by atoms with Crippen LogP contribution in [-0.4, -0.2) is 44.6 Å². The van der Waals surface area contributed by atoms with Crippen LogP contribution in [0.25, 0.3) is 0 Å². The van der Waals surface area contributed by atoms with Crippen molar-refractivity contribution in [2.45, 2.75) is 38.9 Å². The first-order valence-electron chi connectivity index (χ1n) is 10.1. The fraction of sp³-hybridized carbons (Fsp3) is 0.409. The molecule has 1 atom stereocenters. The topological polar surface area (TPSA) is 69.7 Å². The molecule has 162 valence electrons. The molecule has 2 aromatic rings. The molecule has 6 nitrogen and oxygen atoms in total. The second kappa shape index (κ2) is 9.81. The van der Waals surface area contributed by atoms with Crippen LogP contribution in [0.2, 0.25) is 5.02 Å². The molecule has 1 N–H and O–H groups in total. The van der Waals surface area contributed by atoms with Gasteiger partial charge in [-0.05, 0) is 68.2 Å². The molecule has 0 bridgehead atoms. The van der Waals surface area contributed by atoms with E-state index in [-0.39, 0.29) is 5.91 Å². The van der Waals surface area contributed by atoms with Crippen LogP contribution >= 0.6 is 11.6 Å². The van der Waals surface area contributed by atoms with Crippen LogP contribution in [0.1, 0.15) is 30.9 Å². The molecular formula is C22H28ClN3O3S. The van der Waals surface area contributed by atoms with E-state index in [2.05, 4.69) is 22.3 Å². The van der Waals surface area contributed by atoms with Crippen molar-refractivity contribution < 1.29 is 13.2 Å². The van der Waals surface area contributed by atoms with Crippen LogP contribution in [0.5, 0.6) is 0 Å². The third kappa shape index (κ3) is 5.97. The number of nitrogens with zero attached hydrogens (tertiary/aromatic N) is 2. The number of likely N-dealkylation sites (tertiary alicyclic amines) is 1. The van der Waals surface area contributed by atoms with Crippen molar-refractivity contribution in [2.24, 2.45) is 0 Å². The first-order chi connectivity index (χ1) is 14.2. The van der Waals surface area contributed by atoms with Crippen molar-refractivity contribution in [3.05, 3.63) is 64.7 Å². The third-order valence-electron chi connectivity index (χ3n) is 5.26. The van der Waals surface area contributed by atoms with E-state index in [1.165, 1.54) is 18.4 Å². The summed E-state index contributed by atoms with van der Waals surface area (Å²) in [6.45, 7) is 5.17. The number of rotatable bonds is 8. The maximum Gasteiger partial charge on any atom is 0.243 e. The minimum absolute atomic E-state index is 0.339. The Morgan fingerprint density at radius 1 is 1.07 bits per heavy atom. The lowest BCUT2D eigenvalue weighted by Crippen LogP contribution is -2.47. The molecule has 0 aliphatic carbocycles. The summed E-state index contributed by atoms with van der Waals surface area (Å²) in [5.41, 5.74) is 2.63. The molecule has 0 unspecified atom stereocenters. The predicted molar refractivity (Wildman–Crippen MR) is 121 cm³/mol. The molecule has 1 heterocycles. The Labute approximate surface area is 183 Å². The molecule has 8 heteroatoms. The van der Waals surface area contributed by atoms with Gasteiger partial charge >= 0.3 is 0 Å². The first kappa shape index (κ1) is 22.6. The molecule has 0 spiro atoms. The highest BCUT2D eigenvalue weighted by Gasteiger charge is 2.28. The monoisotopic (exact) mass is 449 g/mol. The summed E-state index contributed by atoms with van der Waals surface area (Å²) in [5.74, 6) is -0.364. The maximum absolute atomic E-state index is 12.7. The smallest absolute Gasteiger partial charge is 0.243 e. The number of halogens is 1. The fourth-order valence-corrected chi connectivity index (χ4v) is 5.00. The fourth-order valence-electron chi connectivity index (χ4n) is 3.70. The molecule has 3 rings (SSSR count). The highest BCUT2D eigenvalue weighted by atomic mass is 35.5. The molecule has 1 aliphatic rings. The van der Waals surface area contributed by atoms with Crippen LogP contribution in [0.15, 0.2) is 48.5 Å². The minimum atomic E-state index is -3.65. The summed E-state index contributed by atoms with van der Waals surface area (Å²) >= 11 is 5.90. The molecule has 1 aliphatic heterocycles. The van der Waals surface area contributed by atoms with Crippen molar-refractivity contribution >= 4 is 33.2 Å². The standard InChI is InChI=1S/C22H28ClN3O3S/c1-17(26(30(2,28)29)21-11-9-20(23)10-12-21)22(27)24-15-18-5-7-19(8-6-18)16-25-13-3-4-14-25/h5-12,17H,3-4,13-16H2,1-2H3,(H,24,27)/t17-/m1/s1. The summed E-state index contributed by atoms with van der Waals surface area (Å²) in [6, 6.07) is 13.7. The maximum atomic E-state index is 12.7. The van der Waals surface area contributed by atoms with E-state index < -0.39 is 16.1 Å². The molecule has 0 radical (unpaired) electrons. The molecular weight excluding hydrogens is 422 g/mol. The van der Waals surface area contributed by atoms with Gasteiger partial charge < -0.3 is 5.32 Å². The van der Waals surface area contributed by atoms with Gasteiger partial charge in [-0.1, -0.05) is 35.9 Å². The number of benzene rings is 2. The van der Waals surface area contributed by atoms with Crippen LogP contribution in [0.3, 0.4) is 0 Å². The number of carbonyl (C=O) groups is 1. The lowest BCUT2D eigenvalue weighted by Gasteiger charge is -2.28. The van der Waals surface area contributed by atoms with Gasteiger partial charge in [-0.2, -0.15) is 0 Å². The van der Waals surface area contributed by atoms with Gasteiger partial charge in [-0.15, -0.1) is 0 Å². The zero-order valence-electron chi connectivity index (χ0n) is 17.3.